The van der Waals surface area contributed by atoms with Crippen LogP contribution in [0.15, 0.2) is 24.3 Å². The largest absolute Gasteiger partial charge is 0.383 e. The smallest absolute Gasteiger partial charge is 0.123 e. The fraction of sp³-hybridized carbons (Fsp3) is 0.562. The summed E-state index contributed by atoms with van der Waals surface area (Å²) in [4.78, 5) is 0. The molecule has 1 aliphatic carbocycles. The van der Waals surface area contributed by atoms with Crippen LogP contribution in [0.5, 0.6) is 0 Å². The highest BCUT2D eigenvalue weighted by atomic mass is 19.1. The molecule has 1 aromatic rings. The number of nitrogens with zero attached hydrogens (tertiary/aromatic N) is 1. The van der Waals surface area contributed by atoms with E-state index in [-0.39, 0.29) is 5.82 Å². The molecule has 0 spiro atoms. The predicted molar refractivity (Wildman–Crippen MR) is 71.7 cm³/mol. The monoisotopic (exact) mass is 261 g/mol. The van der Waals surface area contributed by atoms with Gasteiger partial charge < -0.3 is 5.11 Å². The second-order valence-corrected chi connectivity index (χ2v) is 5.48. The maximum absolute atomic E-state index is 13.4. The summed E-state index contributed by atoms with van der Waals surface area (Å²) in [6.07, 6.45) is 4.79. The molecule has 1 aromatic carbocycles. The molecule has 1 saturated carbocycles. The van der Waals surface area contributed by atoms with E-state index in [9.17, 15) is 14.8 Å². The summed E-state index contributed by atoms with van der Waals surface area (Å²) in [5.74, 6) is -0.367. The van der Waals surface area contributed by atoms with Crippen molar-refractivity contribution in [3.63, 3.8) is 0 Å². The number of benzene rings is 1. The van der Waals surface area contributed by atoms with Crippen molar-refractivity contribution in [3.8, 4) is 6.07 Å². The third-order valence-electron chi connectivity index (χ3n) is 4.53. The first kappa shape index (κ1) is 14.0. The summed E-state index contributed by atoms with van der Waals surface area (Å²) < 4.78 is 13.4. The summed E-state index contributed by atoms with van der Waals surface area (Å²) in [7, 11) is 0. The lowest BCUT2D eigenvalue weighted by Crippen LogP contribution is -2.46. The molecule has 0 bridgehead atoms. The molecule has 0 aliphatic heterocycles. The van der Waals surface area contributed by atoms with Crippen LogP contribution in [0.2, 0.25) is 0 Å². The highest BCUT2D eigenvalue weighted by Gasteiger charge is 2.51. The zero-order valence-corrected chi connectivity index (χ0v) is 11.3. The van der Waals surface area contributed by atoms with Crippen LogP contribution >= 0.6 is 0 Å². The van der Waals surface area contributed by atoms with Crippen molar-refractivity contribution in [1.29, 1.82) is 5.26 Å². The van der Waals surface area contributed by atoms with E-state index in [0.717, 1.165) is 19.3 Å². The van der Waals surface area contributed by atoms with Gasteiger partial charge in [-0.3, -0.25) is 0 Å². The molecule has 2 rings (SSSR count). The molecular formula is C16H20FNO. The molecule has 0 saturated heterocycles. The molecule has 19 heavy (non-hydrogen) atoms. The van der Waals surface area contributed by atoms with Crippen molar-refractivity contribution in [2.24, 2.45) is 5.41 Å². The molecule has 1 unspecified atom stereocenters. The number of hydrogen-bond acceptors (Lipinski definition) is 2. The summed E-state index contributed by atoms with van der Waals surface area (Å²) >= 11 is 0. The predicted octanol–water partition coefficient (Wildman–Crippen LogP) is 3.90. The van der Waals surface area contributed by atoms with Gasteiger partial charge in [-0.15, -0.1) is 0 Å². The quantitative estimate of drug-likeness (QED) is 0.896. The van der Waals surface area contributed by atoms with Gasteiger partial charge in [-0.2, -0.15) is 5.26 Å². The standard InChI is InChI=1S/C16H20FNO/c1-2-16(19,13-7-6-8-14(17)11-13)15(12-18)9-4-3-5-10-15/h6-8,11,19H,2-5,9-10H2,1H3. The van der Waals surface area contributed by atoms with E-state index in [1.165, 1.54) is 12.1 Å². The van der Waals surface area contributed by atoms with Gasteiger partial charge in [0.05, 0.1) is 11.5 Å². The third kappa shape index (κ3) is 2.26. The third-order valence-corrected chi connectivity index (χ3v) is 4.53. The van der Waals surface area contributed by atoms with E-state index in [1.807, 2.05) is 6.92 Å². The highest BCUT2D eigenvalue weighted by Crippen LogP contribution is 2.51. The fourth-order valence-electron chi connectivity index (χ4n) is 3.34. The molecule has 1 N–H and O–H groups in total. The van der Waals surface area contributed by atoms with Gasteiger partial charge in [0.2, 0.25) is 0 Å². The Morgan fingerprint density at radius 2 is 2.05 bits per heavy atom. The van der Waals surface area contributed by atoms with Crippen LogP contribution in [0.4, 0.5) is 4.39 Å². The van der Waals surface area contributed by atoms with Crippen LogP contribution in [0.1, 0.15) is 51.0 Å². The molecule has 1 aliphatic rings. The maximum Gasteiger partial charge on any atom is 0.123 e. The number of hydrogen-bond donors (Lipinski definition) is 1. The number of halogens is 1. The Morgan fingerprint density at radius 1 is 1.37 bits per heavy atom. The lowest BCUT2D eigenvalue weighted by atomic mass is 9.61. The zero-order chi connectivity index (χ0) is 13.9. The van der Waals surface area contributed by atoms with E-state index in [2.05, 4.69) is 6.07 Å². The van der Waals surface area contributed by atoms with Gasteiger partial charge in [0, 0.05) is 0 Å². The summed E-state index contributed by atoms with van der Waals surface area (Å²) in [6, 6.07) is 8.39. The topological polar surface area (TPSA) is 44.0 Å². The van der Waals surface area contributed by atoms with Gasteiger partial charge in [-0.05, 0) is 37.0 Å². The average Bonchev–Trinajstić information content (AvgIpc) is 2.47. The van der Waals surface area contributed by atoms with Crippen molar-refractivity contribution in [2.75, 3.05) is 0 Å². The summed E-state index contributed by atoms with van der Waals surface area (Å²) in [5, 5.41) is 20.7. The highest BCUT2D eigenvalue weighted by molar-refractivity contribution is 5.30. The molecule has 0 radical (unpaired) electrons. The summed E-state index contributed by atoms with van der Waals surface area (Å²) in [6.45, 7) is 1.86. The molecular weight excluding hydrogens is 241 g/mol. The first-order valence-corrected chi connectivity index (χ1v) is 6.98. The Balaban J connectivity index is 2.49. The van der Waals surface area contributed by atoms with Crippen LogP contribution in [0, 0.1) is 22.6 Å². The van der Waals surface area contributed by atoms with Crippen molar-refractivity contribution in [1.82, 2.24) is 0 Å². The van der Waals surface area contributed by atoms with Crippen LogP contribution in [0.3, 0.4) is 0 Å². The summed E-state index contributed by atoms with van der Waals surface area (Å²) in [5.41, 5.74) is -1.52. The second kappa shape index (κ2) is 5.30. The van der Waals surface area contributed by atoms with E-state index >= 15 is 0 Å². The fourth-order valence-corrected chi connectivity index (χ4v) is 3.34. The van der Waals surface area contributed by atoms with Crippen molar-refractivity contribution in [3.05, 3.63) is 35.6 Å². The van der Waals surface area contributed by atoms with E-state index < -0.39 is 11.0 Å². The molecule has 0 aromatic heterocycles. The van der Waals surface area contributed by atoms with Crippen molar-refractivity contribution >= 4 is 0 Å². The normalized spacial score (nSPS) is 21.4. The van der Waals surface area contributed by atoms with Crippen LogP contribution in [-0.2, 0) is 5.60 Å². The van der Waals surface area contributed by atoms with E-state index in [0.29, 0.717) is 24.8 Å². The van der Waals surface area contributed by atoms with Crippen LogP contribution in [-0.4, -0.2) is 5.11 Å². The lowest BCUT2D eigenvalue weighted by Gasteiger charge is -2.45. The molecule has 1 fully saturated rings. The zero-order valence-electron chi connectivity index (χ0n) is 11.3. The number of rotatable bonds is 3. The van der Waals surface area contributed by atoms with Gasteiger partial charge in [0.15, 0.2) is 0 Å². The van der Waals surface area contributed by atoms with Gasteiger partial charge in [0.25, 0.3) is 0 Å². The maximum atomic E-state index is 13.4. The molecule has 2 nitrogen and oxygen atoms in total. The van der Waals surface area contributed by atoms with Gasteiger partial charge in [-0.1, -0.05) is 38.3 Å². The Kier molecular flexibility index (Phi) is 3.91. The molecule has 3 heteroatoms. The minimum atomic E-state index is -1.26. The first-order valence-electron chi connectivity index (χ1n) is 6.98. The van der Waals surface area contributed by atoms with Crippen LogP contribution < -0.4 is 0 Å². The van der Waals surface area contributed by atoms with Gasteiger partial charge in [-0.25, -0.2) is 4.39 Å². The van der Waals surface area contributed by atoms with Crippen molar-refractivity contribution < 1.29 is 9.50 Å². The Bertz CT molecular complexity index is 488. The molecule has 1 atom stereocenters. The second-order valence-electron chi connectivity index (χ2n) is 5.48. The lowest BCUT2D eigenvalue weighted by molar-refractivity contribution is -0.0823. The van der Waals surface area contributed by atoms with Gasteiger partial charge in [0.1, 0.15) is 11.4 Å². The number of aliphatic hydroxyl groups is 1. The van der Waals surface area contributed by atoms with Crippen LogP contribution in [0.25, 0.3) is 0 Å². The SMILES string of the molecule is CCC(O)(c1cccc(F)c1)C1(C#N)CCCCC1. The van der Waals surface area contributed by atoms with Crippen molar-refractivity contribution in [2.45, 2.75) is 51.0 Å². The molecule has 0 heterocycles. The molecule has 102 valence electrons. The number of nitriles is 1. The van der Waals surface area contributed by atoms with E-state index in [4.69, 9.17) is 0 Å². The first-order chi connectivity index (χ1) is 9.08. The van der Waals surface area contributed by atoms with Gasteiger partial charge >= 0.3 is 0 Å². The minimum absolute atomic E-state index is 0.367. The minimum Gasteiger partial charge on any atom is -0.383 e. The Hall–Kier alpha value is -1.40. The van der Waals surface area contributed by atoms with E-state index in [1.54, 1.807) is 12.1 Å². The molecule has 0 amide bonds. The average molecular weight is 261 g/mol. The Morgan fingerprint density at radius 3 is 2.58 bits per heavy atom. The Labute approximate surface area is 113 Å².